The van der Waals surface area contributed by atoms with Crippen LogP contribution >= 0.6 is 0 Å². The fraction of sp³-hybridized carbons (Fsp3) is 0.500. The van der Waals surface area contributed by atoms with Gasteiger partial charge in [-0.1, -0.05) is 0 Å². The lowest BCUT2D eigenvalue weighted by molar-refractivity contribution is 0.0820. The lowest BCUT2D eigenvalue weighted by atomic mass is 10.4. The number of nitrogens with zero attached hydrogens (tertiary/aromatic N) is 3. The molecule has 1 aromatic rings. The molecule has 1 aromatic heterocycles. The lowest BCUT2D eigenvalue weighted by Gasteiger charge is -2.06. The number of amides is 1. The van der Waals surface area contributed by atoms with Gasteiger partial charge >= 0.3 is 0 Å². The van der Waals surface area contributed by atoms with Crippen LogP contribution in [-0.4, -0.2) is 41.3 Å². The molecular weight excluding hydrogens is 170 g/mol. The Morgan fingerprint density at radius 2 is 2.46 bits per heavy atom. The molecule has 2 rings (SSSR count). The van der Waals surface area contributed by atoms with E-state index in [1.54, 1.807) is 24.8 Å². The largest absolute Gasteiger partial charge is 0.476 e. The van der Waals surface area contributed by atoms with Gasteiger partial charge in [-0.3, -0.25) is 4.79 Å². The van der Waals surface area contributed by atoms with Gasteiger partial charge in [0.05, 0.1) is 6.54 Å². The van der Waals surface area contributed by atoms with E-state index in [1.807, 2.05) is 0 Å². The Kier molecular flexibility index (Phi) is 1.72. The summed E-state index contributed by atoms with van der Waals surface area (Å²) < 4.78 is 6.94. The monoisotopic (exact) mass is 181 g/mol. The van der Waals surface area contributed by atoms with Crippen molar-refractivity contribution in [1.82, 2.24) is 14.7 Å². The maximum Gasteiger partial charge on any atom is 0.273 e. The minimum absolute atomic E-state index is 0.0921. The molecule has 0 radical (unpaired) electrons. The van der Waals surface area contributed by atoms with Crippen LogP contribution in [0.15, 0.2) is 6.07 Å². The minimum Gasteiger partial charge on any atom is -0.476 e. The zero-order valence-corrected chi connectivity index (χ0v) is 7.65. The number of aromatic nitrogens is 2. The fourth-order valence-corrected chi connectivity index (χ4v) is 1.25. The first-order chi connectivity index (χ1) is 6.18. The van der Waals surface area contributed by atoms with Crippen LogP contribution in [0.2, 0.25) is 0 Å². The molecule has 0 N–H and O–H groups in total. The Morgan fingerprint density at radius 3 is 3.08 bits per heavy atom. The molecule has 5 nitrogen and oxygen atoms in total. The molecule has 70 valence electrons. The number of hydrogen-bond acceptors (Lipinski definition) is 3. The average molecular weight is 181 g/mol. The molecule has 0 unspecified atom stereocenters. The van der Waals surface area contributed by atoms with Gasteiger partial charge in [-0.25, -0.2) is 4.68 Å². The highest BCUT2D eigenvalue weighted by Gasteiger charge is 2.19. The molecule has 5 heteroatoms. The zero-order valence-electron chi connectivity index (χ0n) is 7.65. The molecule has 0 aliphatic carbocycles. The summed E-state index contributed by atoms with van der Waals surface area (Å²) >= 11 is 0. The molecule has 1 aliphatic heterocycles. The minimum atomic E-state index is -0.0921. The first-order valence-corrected chi connectivity index (χ1v) is 4.11. The van der Waals surface area contributed by atoms with E-state index in [0.717, 1.165) is 6.54 Å². The first kappa shape index (κ1) is 8.10. The van der Waals surface area contributed by atoms with E-state index < -0.39 is 0 Å². The third kappa shape index (κ3) is 1.26. The van der Waals surface area contributed by atoms with Crippen molar-refractivity contribution in [2.75, 3.05) is 20.7 Å². The van der Waals surface area contributed by atoms with E-state index in [1.165, 1.54) is 4.90 Å². The Hall–Kier alpha value is -1.52. The second-order valence-corrected chi connectivity index (χ2v) is 3.14. The fourth-order valence-electron chi connectivity index (χ4n) is 1.25. The van der Waals surface area contributed by atoms with Crippen LogP contribution < -0.4 is 4.74 Å². The van der Waals surface area contributed by atoms with Crippen LogP contribution in [0.25, 0.3) is 0 Å². The predicted molar refractivity (Wildman–Crippen MR) is 45.7 cm³/mol. The summed E-state index contributed by atoms with van der Waals surface area (Å²) in [6.07, 6.45) is 0. The van der Waals surface area contributed by atoms with E-state index in [-0.39, 0.29) is 5.91 Å². The standard InChI is InChI=1S/C8H11N3O2/c1-10(2)8(12)6-5-7-11(9-6)3-4-13-7/h5H,3-4H2,1-2H3. The summed E-state index contributed by atoms with van der Waals surface area (Å²) in [7, 11) is 3.40. The van der Waals surface area contributed by atoms with Crippen molar-refractivity contribution >= 4 is 5.91 Å². The smallest absolute Gasteiger partial charge is 0.273 e. The maximum atomic E-state index is 11.4. The predicted octanol–water partition coefficient (Wildman–Crippen LogP) is -0.0227. The van der Waals surface area contributed by atoms with Gasteiger partial charge in [0, 0.05) is 20.2 Å². The van der Waals surface area contributed by atoms with E-state index in [4.69, 9.17) is 4.74 Å². The van der Waals surface area contributed by atoms with Crippen LogP contribution in [0.5, 0.6) is 5.88 Å². The quantitative estimate of drug-likeness (QED) is 0.611. The van der Waals surface area contributed by atoms with Gasteiger partial charge in [0.2, 0.25) is 5.88 Å². The zero-order chi connectivity index (χ0) is 9.42. The summed E-state index contributed by atoms with van der Waals surface area (Å²) in [6.45, 7) is 1.38. The second kappa shape index (κ2) is 2.76. The topological polar surface area (TPSA) is 47.4 Å². The maximum absolute atomic E-state index is 11.4. The molecule has 0 saturated carbocycles. The number of rotatable bonds is 1. The summed E-state index contributed by atoms with van der Waals surface area (Å²) in [5, 5.41) is 4.11. The highest BCUT2D eigenvalue weighted by atomic mass is 16.5. The highest BCUT2D eigenvalue weighted by Crippen LogP contribution is 2.18. The normalized spacial score (nSPS) is 13.7. The number of ether oxygens (including phenoxy) is 1. The van der Waals surface area contributed by atoms with E-state index >= 15 is 0 Å². The van der Waals surface area contributed by atoms with Gasteiger partial charge in [-0.2, -0.15) is 5.10 Å². The van der Waals surface area contributed by atoms with Crippen molar-refractivity contribution in [3.05, 3.63) is 11.8 Å². The molecule has 0 atom stereocenters. The molecule has 0 spiro atoms. The molecule has 1 amide bonds. The van der Waals surface area contributed by atoms with E-state index in [2.05, 4.69) is 5.10 Å². The second-order valence-electron chi connectivity index (χ2n) is 3.14. The van der Waals surface area contributed by atoms with Gasteiger partial charge in [-0.15, -0.1) is 0 Å². The van der Waals surface area contributed by atoms with Crippen LogP contribution in [0.1, 0.15) is 10.5 Å². The summed E-state index contributed by atoms with van der Waals surface area (Å²) in [4.78, 5) is 12.9. The molecule has 0 saturated heterocycles. The Balaban J connectivity index is 2.28. The van der Waals surface area contributed by atoms with Gasteiger partial charge in [0.15, 0.2) is 5.69 Å². The van der Waals surface area contributed by atoms with Gasteiger partial charge in [0.25, 0.3) is 5.91 Å². The SMILES string of the molecule is CN(C)C(=O)c1cc2n(n1)CCO2. The van der Waals surface area contributed by atoms with Crippen molar-refractivity contribution in [2.24, 2.45) is 0 Å². The van der Waals surface area contributed by atoms with Crippen LogP contribution in [0.3, 0.4) is 0 Å². The summed E-state index contributed by atoms with van der Waals surface area (Å²) in [5.41, 5.74) is 0.444. The van der Waals surface area contributed by atoms with Gasteiger partial charge in [-0.05, 0) is 0 Å². The van der Waals surface area contributed by atoms with Gasteiger partial charge < -0.3 is 9.64 Å². The van der Waals surface area contributed by atoms with Crippen molar-refractivity contribution < 1.29 is 9.53 Å². The van der Waals surface area contributed by atoms with Crippen LogP contribution in [0.4, 0.5) is 0 Å². The lowest BCUT2D eigenvalue weighted by Crippen LogP contribution is -2.22. The number of carbonyl (C=O) groups excluding carboxylic acids is 1. The Bertz CT molecular complexity index is 322. The molecule has 2 heterocycles. The Morgan fingerprint density at radius 1 is 1.69 bits per heavy atom. The van der Waals surface area contributed by atoms with E-state index in [9.17, 15) is 4.79 Å². The molecule has 13 heavy (non-hydrogen) atoms. The molecular formula is C8H11N3O2. The number of fused-ring (bicyclic) bond motifs is 1. The molecule has 0 fully saturated rings. The van der Waals surface area contributed by atoms with Gasteiger partial charge in [0.1, 0.15) is 6.61 Å². The van der Waals surface area contributed by atoms with Crippen molar-refractivity contribution in [1.29, 1.82) is 0 Å². The molecule has 0 aromatic carbocycles. The molecule has 1 aliphatic rings. The first-order valence-electron chi connectivity index (χ1n) is 4.11. The summed E-state index contributed by atoms with van der Waals surface area (Å²) in [5.74, 6) is 0.593. The average Bonchev–Trinajstić information content (AvgIpc) is 2.59. The summed E-state index contributed by atoms with van der Waals surface area (Å²) in [6, 6.07) is 1.68. The number of hydrogen-bond donors (Lipinski definition) is 0. The number of carbonyl (C=O) groups is 1. The van der Waals surface area contributed by atoms with Crippen molar-refractivity contribution in [2.45, 2.75) is 6.54 Å². The molecule has 0 bridgehead atoms. The van der Waals surface area contributed by atoms with Crippen molar-refractivity contribution in [3.8, 4) is 5.88 Å². The Labute approximate surface area is 75.9 Å². The van der Waals surface area contributed by atoms with Crippen LogP contribution in [-0.2, 0) is 6.54 Å². The third-order valence-electron chi connectivity index (χ3n) is 1.92. The van der Waals surface area contributed by atoms with E-state index in [0.29, 0.717) is 18.2 Å². The van der Waals surface area contributed by atoms with Crippen LogP contribution in [0, 0.1) is 0 Å². The van der Waals surface area contributed by atoms with Crippen molar-refractivity contribution in [3.63, 3.8) is 0 Å². The highest BCUT2D eigenvalue weighted by molar-refractivity contribution is 5.92. The third-order valence-corrected chi connectivity index (χ3v) is 1.92.